The van der Waals surface area contributed by atoms with E-state index in [4.69, 9.17) is 10.8 Å². The van der Waals surface area contributed by atoms with Crippen LogP contribution in [0.25, 0.3) is 0 Å². The van der Waals surface area contributed by atoms with E-state index in [0.29, 0.717) is 0 Å². The Labute approximate surface area is 165 Å². The molecule has 3 amide bonds. The monoisotopic (exact) mass is 402 g/mol. The maximum Gasteiger partial charge on any atom is 0.326 e. The van der Waals surface area contributed by atoms with Gasteiger partial charge in [-0.25, -0.2) is 4.79 Å². The van der Waals surface area contributed by atoms with Crippen LogP contribution in [0.4, 0.5) is 0 Å². The van der Waals surface area contributed by atoms with Gasteiger partial charge in [-0.2, -0.15) is 0 Å². The standard InChI is InChI=1S/C18H34N4O6/c1-8(2)12(19)16(25)21-13(9(3)4)17(26)20-11(7-23)15(24)22-14(10(5)6)18(27)28/h8-14,23H,7,19H2,1-6H3,(H,20,26)(H,21,25)(H,22,24)(H,27,28). The first kappa shape index (κ1) is 25.8. The molecule has 4 atom stereocenters. The molecule has 4 unspecified atom stereocenters. The summed E-state index contributed by atoms with van der Waals surface area (Å²) in [5, 5.41) is 25.8. The van der Waals surface area contributed by atoms with Crippen molar-refractivity contribution in [3.8, 4) is 0 Å². The van der Waals surface area contributed by atoms with Crippen molar-refractivity contribution >= 4 is 23.7 Å². The van der Waals surface area contributed by atoms with Crippen LogP contribution in [-0.4, -0.2) is 64.7 Å². The van der Waals surface area contributed by atoms with Crippen LogP contribution < -0.4 is 21.7 Å². The Balaban J connectivity index is 5.18. The number of hydrogen-bond acceptors (Lipinski definition) is 6. The minimum Gasteiger partial charge on any atom is -0.480 e. The molecule has 0 saturated heterocycles. The van der Waals surface area contributed by atoms with E-state index >= 15 is 0 Å². The third kappa shape index (κ3) is 7.81. The van der Waals surface area contributed by atoms with Gasteiger partial charge in [-0.1, -0.05) is 41.5 Å². The lowest BCUT2D eigenvalue weighted by atomic mass is 10.00. The van der Waals surface area contributed by atoms with Gasteiger partial charge in [0.1, 0.15) is 18.1 Å². The fraction of sp³-hybridized carbons (Fsp3) is 0.778. The first-order valence-electron chi connectivity index (χ1n) is 9.33. The fourth-order valence-electron chi connectivity index (χ4n) is 2.31. The number of amides is 3. The van der Waals surface area contributed by atoms with Gasteiger partial charge >= 0.3 is 5.97 Å². The van der Waals surface area contributed by atoms with E-state index in [-0.39, 0.29) is 11.8 Å². The number of aliphatic hydroxyl groups is 1. The van der Waals surface area contributed by atoms with Gasteiger partial charge in [-0.05, 0) is 17.8 Å². The van der Waals surface area contributed by atoms with Crippen molar-refractivity contribution in [2.24, 2.45) is 23.5 Å². The maximum atomic E-state index is 12.6. The van der Waals surface area contributed by atoms with Gasteiger partial charge in [0.05, 0.1) is 12.6 Å². The normalized spacial score (nSPS) is 15.7. The minimum atomic E-state index is -1.36. The number of carbonyl (C=O) groups is 4. The Morgan fingerprint density at radius 1 is 0.750 bits per heavy atom. The Hall–Kier alpha value is -2.20. The molecule has 0 aromatic rings. The van der Waals surface area contributed by atoms with Crippen LogP contribution in [0, 0.1) is 17.8 Å². The van der Waals surface area contributed by atoms with Crippen molar-refractivity contribution in [2.45, 2.75) is 65.7 Å². The van der Waals surface area contributed by atoms with Crippen molar-refractivity contribution in [1.29, 1.82) is 0 Å². The van der Waals surface area contributed by atoms with Crippen molar-refractivity contribution in [1.82, 2.24) is 16.0 Å². The largest absolute Gasteiger partial charge is 0.480 e. The van der Waals surface area contributed by atoms with E-state index in [9.17, 15) is 24.3 Å². The molecule has 7 N–H and O–H groups in total. The lowest BCUT2D eigenvalue weighted by molar-refractivity contribution is -0.144. The molecule has 0 bridgehead atoms. The molecule has 0 rings (SSSR count). The summed E-state index contributed by atoms with van der Waals surface area (Å²) >= 11 is 0. The molecule has 0 aromatic heterocycles. The molecule has 0 spiro atoms. The van der Waals surface area contributed by atoms with E-state index < -0.39 is 60.4 Å². The van der Waals surface area contributed by atoms with Gasteiger partial charge in [0.15, 0.2) is 0 Å². The number of carboxylic acids is 1. The van der Waals surface area contributed by atoms with Crippen LogP contribution in [0.5, 0.6) is 0 Å². The molecule has 28 heavy (non-hydrogen) atoms. The zero-order valence-corrected chi connectivity index (χ0v) is 17.4. The summed E-state index contributed by atoms with van der Waals surface area (Å²) in [5.41, 5.74) is 5.79. The zero-order valence-electron chi connectivity index (χ0n) is 17.4. The lowest BCUT2D eigenvalue weighted by Crippen LogP contribution is -2.60. The Bertz CT molecular complexity index is 564. The van der Waals surface area contributed by atoms with E-state index in [1.165, 1.54) is 0 Å². The molecule has 162 valence electrons. The number of carbonyl (C=O) groups excluding carboxylic acids is 3. The van der Waals surface area contributed by atoms with Crippen molar-refractivity contribution < 1.29 is 29.4 Å². The number of carboxylic acid groups (broad SMARTS) is 1. The van der Waals surface area contributed by atoms with Crippen LogP contribution in [0.2, 0.25) is 0 Å². The zero-order chi connectivity index (χ0) is 22.2. The van der Waals surface area contributed by atoms with Crippen molar-refractivity contribution in [3.63, 3.8) is 0 Å². The number of hydrogen-bond donors (Lipinski definition) is 6. The summed E-state index contributed by atoms with van der Waals surface area (Å²) < 4.78 is 0. The molecule has 0 saturated carbocycles. The Kier molecular flexibility index (Phi) is 10.7. The molecule has 0 fully saturated rings. The van der Waals surface area contributed by atoms with Crippen molar-refractivity contribution in [2.75, 3.05) is 6.61 Å². The number of rotatable bonds is 11. The Morgan fingerprint density at radius 3 is 1.57 bits per heavy atom. The molecule has 10 nitrogen and oxygen atoms in total. The van der Waals surface area contributed by atoms with E-state index in [2.05, 4.69) is 16.0 Å². The van der Waals surface area contributed by atoms with E-state index in [1.54, 1.807) is 41.5 Å². The summed E-state index contributed by atoms with van der Waals surface area (Å²) in [6, 6.07) is -4.29. The first-order chi connectivity index (χ1) is 12.8. The topological polar surface area (TPSA) is 171 Å². The van der Waals surface area contributed by atoms with Gasteiger partial charge in [-0.3, -0.25) is 14.4 Å². The maximum absolute atomic E-state index is 12.6. The van der Waals surface area contributed by atoms with Crippen LogP contribution in [0.3, 0.4) is 0 Å². The fourth-order valence-corrected chi connectivity index (χ4v) is 2.31. The average Bonchev–Trinajstić information content (AvgIpc) is 2.59. The van der Waals surface area contributed by atoms with Crippen LogP contribution in [-0.2, 0) is 19.2 Å². The molecule has 0 radical (unpaired) electrons. The van der Waals surface area contributed by atoms with Crippen molar-refractivity contribution in [3.05, 3.63) is 0 Å². The molecular formula is C18H34N4O6. The Morgan fingerprint density at radius 2 is 1.21 bits per heavy atom. The number of aliphatic hydroxyl groups excluding tert-OH is 1. The van der Waals surface area contributed by atoms with Gasteiger partial charge < -0.3 is 31.9 Å². The predicted octanol–water partition coefficient (Wildman–Crippen LogP) is -1.19. The molecule has 0 aliphatic carbocycles. The number of nitrogens with one attached hydrogen (secondary N) is 3. The van der Waals surface area contributed by atoms with Gasteiger partial charge in [0, 0.05) is 0 Å². The summed E-state index contributed by atoms with van der Waals surface area (Å²) in [7, 11) is 0. The highest BCUT2D eigenvalue weighted by atomic mass is 16.4. The highest BCUT2D eigenvalue weighted by Crippen LogP contribution is 2.06. The van der Waals surface area contributed by atoms with Crippen LogP contribution in [0.1, 0.15) is 41.5 Å². The summed E-state index contributed by atoms with van der Waals surface area (Å²) in [6.07, 6.45) is 0. The van der Waals surface area contributed by atoms with Crippen LogP contribution in [0.15, 0.2) is 0 Å². The summed E-state index contributed by atoms with van der Waals surface area (Å²) in [5.74, 6) is -4.06. The second-order valence-electron chi connectivity index (χ2n) is 7.81. The molecule has 0 aliphatic heterocycles. The van der Waals surface area contributed by atoms with E-state index in [1.807, 2.05) is 0 Å². The summed E-state index contributed by atoms with van der Waals surface area (Å²) in [4.78, 5) is 48.3. The highest BCUT2D eigenvalue weighted by molar-refractivity contribution is 5.94. The molecular weight excluding hydrogens is 368 g/mol. The number of aliphatic carboxylic acids is 1. The molecule has 0 aromatic carbocycles. The molecule has 0 aliphatic rings. The van der Waals surface area contributed by atoms with Gasteiger partial charge in [0.2, 0.25) is 17.7 Å². The number of nitrogens with two attached hydrogens (primary N) is 1. The highest BCUT2D eigenvalue weighted by Gasteiger charge is 2.32. The third-order valence-corrected chi connectivity index (χ3v) is 4.31. The minimum absolute atomic E-state index is 0.129. The molecule has 0 heterocycles. The quantitative estimate of drug-likeness (QED) is 0.252. The van der Waals surface area contributed by atoms with Gasteiger partial charge in [0.25, 0.3) is 0 Å². The summed E-state index contributed by atoms with van der Waals surface area (Å²) in [6.45, 7) is 9.47. The second kappa shape index (κ2) is 11.6. The molecule has 10 heteroatoms. The SMILES string of the molecule is CC(C)C(N)C(=O)NC(C(=O)NC(CO)C(=O)NC(C(=O)O)C(C)C)C(C)C. The first-order valence-corrected chi connectivity index (χ1v) is 9.33. The van der Waals surface area contributed by atoms with E-state index in [0.717, 1.165) is 0 Å². The smallest absolute Gasteiger partial charge is 0.326 e. The van der Waals surface area contributed by atoms with Gasteiger partial charge in [-0.15, -0.1) is 0 Å². The average molecular weight is 402 g/mol. The predicted molar refractivity (Wildman–Crippen MR) is 103 cm³/mol. The van der Waals surface area contributed by atoms with Crippen LogP contribution >= 0.6 is 0 Å². The second-order valence-corrected chi connectivity index (χ2v) is 7.81. The lowest BCUT2D eigenvalue weighted by Gasteiger charge is -2.27. The third-order valence-electron chi connectivity index (χ3n) is 4.31.